The number of esters is 2. The Morgan fingerprint density at radius 2 is 1.80 bits per heavy atom. The molecule has 0 atom stereocenters. The molecule has 0 saturated carbocycles. The standard InChI is InChI=1S/C26H24N4O5/c1-5-34-26(33)21-14-27-30(22-12-16(3)20-11-6-8-15(2)23(20)28-22)24(21)29-25(32)18-9-7-10-19(13-18)35-17(4)31/h6-14H,5H2,1-4H3,(H,29,32). The van der Waals surface area contributed by atoms with Crippen molar-refractivity contribution in [3.05, 3.63) is 77.0 Å². The van der Waals surface area contributed by atoms with Gasteiger partial charge in [0.25, 0.3) is 5.91 Å². The van der Waals surface area contributed by atoms with Crippen molar-refractivity contribution in [1.82, 2.24) is 14.8 Å². The number of hydrogen-bond donors (Lipinski definition) is 1. The first kappa shape index (κ1) is 23.6. The molecule has 1 amide bonds. The largest absolute Gasteiger partial charge is 0.462 e. The average Bonchev–Trinajstić information content (AvgIpc) is 3.23. The van der Waals surface area contributed by atoms with Gasteiger partial charge < -0.3 is 14.8 Å². The molecule has 178 valence electrons. The van der Waals surface area contributed by atoms with Gasteiger partial charge in [-0.05, 0) is 56.2 Å². The number of rotatable bonds is 6. The molecule has 0 aliphatic carbocycles. The molecule has 2 heterocycles. The van der Waals surface area contributed by atoms with E-state index in [0.717, 1.165) is 22.0 Å². The van der Waals surface area contributed by atoms with Crippen LogP contribution >= 0.6 is 0 Å². The Labute approximate surface area is 201 Å². The van der Waals surface area contributed by atoms with E-state index in [-0.39, 0.29) is 29.3 Å². The number of aromatic nitrogens is 3. The first-order valence-electron chi connectivity index (χ1n) is 11.0. The third kappa shape index (κ3) is 4.89. The highest BCUT2D eigenvalue weighted by atomic mass is 16.5. The number of benzene rings is 2. The van der Waals surface area contributed by atoms with Crippen molar-refractivity contribution < 1.29 is 23.9 Å². The topological polar surface area (TPSA) is 112 Å². The molecule has 9 nitrogen and oxygen atoms in total. The number of ether oxygens (including phenoxy) is 2. The van der Waals surface area contributed by atoms with E-state index in [1.807, 2.05) is 38.1 Å². The highest BCUT2D eigenvalue weighted by Gasteiger charge is 2.23. The number of anilines is 1. The van der Waals surface area contributed by atoms with Gasteiger partial charge in [0.15, 0.2) is 11.6 Å². The van der Waals surface area contributed by atoms with Gasteiger partial charge in [0.1, 0.15) is 11.3 Å². The van der Waals surface area contributed by atoms with Crippen molar-refractivity contribution in [2.45, 2.75) is 27.7 Å². The van der Waals surface area contributed by atoms with E-state index in [4.69, 9.17) is 14.5 Å². The molecule has 0 radical (unpaired) electrons. The summed E-state index contributed by atoms with van der Waals surface area (Å²) < 4.78 is 11.6. The maximum absolute atomic E-state index is 13.1. The summed E-state index contributed by atoms with van der Waals surface area (Å²) in [7, 11) is 0. The van der Waals surface area contributed by atoms with Crippen molar-refractivity contribution in [2.24, 2.45) is 0 Å². The monoisotopic (exact) mass is 472 g/mol. The van der Waals surface area contributed by atoms with Gasteiger partial charge in [-0.15, -0.1) is 0 Å². The van der Waals surface area contributed by atoms with E-state index in [1.54, 1.807) is 25.1 Å². The molecule has 0 spiro atoms. The first-order valence-corrected chi connectivity index (χ1v) is 11.0. The van der Waals surface area contributed by atoms with Gasteiger partial charge in [0.2, 0.25) is 0 Å². The summed E-state index contributed by atoms with van der Waals surface area (Å²) in [5.74, 6) is -0.878. The molecule has 2 aromatic heterocycles. The van der Waals surface area contributed by atoms with Crippen molar-refractivity contribution in [3.8, 4) is 11.6 Å². The highest BCUT2D eigenvalue weighted by Crippen LogP contribution is 2.26. The lowest BCUT2D eigenvalue weighted by atomic mass is 10.1. The smallest absolute Gasteiger partial charge is 0.343 e. The molecule has 0 bridgehead atoms. The summed E-state index contributed by atoms with van der Waals surface area (Å²) in [6.07, 6.45) is 1.34. The van der Waals surface area contributed by atoms with Crippen molar-refractivity contribution in [1.29, 1.82) is 0 Å². The van der Waals surface area contributed by atoms with Crippen LogP contribution in [0.1, 0.15) is 45.7 Å². The number of fused-ring (bicyclic) bond motifs is 1. The average molecular weight is 473 g/mol. The van der Waals surface area contributed by atoms with Crippen LogP contribution in [0.15, 0.2) is 54.7 Å². The summed E-state index contributed by atoms with van der Waals surface area (Å²) in [5, 5.41) is 8.10. The highest BCUT2D eigenvalue weighted by molar-refractivity contribution is 6.07. The van der Waals surface area contributed by atoms with Gasteiger partial charge in [-0.3, -0.25) is 9.59 Å². The molecule has 4 rings (SSSR count). The Morgan fingerprint density at radius 1 is 1.03 bits per heavy atom. The van der Waals surface area contributed by atoms with Gasteiger partial charge in [-0.2, -0.15) is 9.78 Å². The SMILES string of the molecule is CCOC(=O)c1cnn(-c2cc(C)c3cccc(C)c3n2)c1NC(=O)c1cccc(OC(C)=O)c1. The molecular formula is C26H24N4O5. The Kier molecular flexibility index (Phi) is 6.59. The molecule has 0 saturated heterocycles. The Hall–Kier alpha value is -4.53. The quantitative estimate of drug-likeness (QED) is 0.327. The molecular weight excluding hydrogens is 448 g/mol. The van der Waals surface area contributed by atoms with Crippen LogP contribution in [0.25, 0.3) is 16.7 Å². The molecule has 1 N–H and O–H groups in total. The normalized spacial score (nSPS) is 10.7. The number of nitrogens with one attached hydrogen (secondary N) is 1. The molecule has 0 aliphatic rings. The number of nitrogens with zero attached hydrogens (tertiary/aromatic N) is 3. The van der Waals surface area contributed by atoms with Crippen LogP contribution in [0.4, 0.5) is 5.82 Å². The first-order chi connectivity index (χ1) is 16.8. The van der Waals surface area contributed by atoms with Crippen LogP contribution in [0.5, 0.6) is 5.75 Å². The van der Waals surface area contributed by atoms with E-state index in [9.17, 15) is 14.4 Å². The molecule has 35 heavy (non-hydrogen) atoms. The summed E-state index contributed by atoms with van der Waals surface area (Å²) in [6.45, 7) is 7.05. The number of hydrogen-bond acceptors (Lipinski definition) is 7. The maximum atomic E-state index is 13.1. The Morgan fingerprint density at radius 3 is 2.54 bits per heavy atom. The number of amides is 1. The molecule has 0 fully saturated rings. The summed E-state index contributed by atoms with van der Waals surface area (Å²) in [4.78, 5) is 41.8. The second kappa shape index (κ2) is 9.76. The van der Waals surface area contributed by atoms with Gasteiger partial charge >= 0.3 is 11.9 Å². The second-order valence-electron chi connectivity index (χ2n) is 7.88. The third-order valence-electron chi connectivity index (χ3n) is 5.31. The van der Waals surface area contributed by atoms with Crippen LogP contribution in [-0.2, 0) is 9.53 Å². The predicted octanol–water partition coefficient (Wildman–Crippen LogP) is 4.39. The zero-order chi connectivity index (χ0) is 25.1. The Balaban J connectivity index is 1.79. The fraction of sp³-hybridized carbons (Fsp3) is 0.192. The molecule has 2 aromatic carbocycles. The Bertz CT molecular complexity index is 1460. The summed E-state index contributed by atoms with van der Waals surface area (Å²) >= 11 is 0. The number of aryl methyl sites for hydroxylation is 2. The van der Waals surface area contributed by atoms with Crippen LogP contribution in [0, 0.1) is 13.8 Å². The number of para-hydroxylation sites is 1. The lowest BCUT2D eigenvalue weighted by molar-refractivity contribution is -0.131. The number of carbonyl (C=O) groups is 3. The molecule has 4 aromatic rings. The lowest BCUT2D eigenvalue weighted by Gasteiger charge is -2.13. The van der Waals surface area contributed by atoms with Crippen LogP contribution in [0.2, 0.25) is 0 Å². The van der Waals surface area contributed by atoms with Gasteiger partial charge in [0.05, 0.1) is 18.3 Å². The number of pyridine rings is 1. The van der Waals surface area contributed by atoms with E-state index in [1.165, 1.54) is 23.9 Å². The number of carbonyl (C=O) groups excluding carboxylic acids is 3. The van der Waals surface area contributed by atoms with E-state index in [0.29, 0.717) is 5.82 Å². The fourth-order valence-electron chi connectivity index (χ4n) is 3.70. The van der Waals surface area contributed by atoms with Crippen molar-refractivity contribution >= 4 is 34.6 Å². The zero-order valence-electron chi connectivity index (χ0n) is 19.8. The molecule has 9 heteroatoms. The molecule has 0 unspecified atom stereocenters. The molecule has 0 aliphatic heterocycles. The van der Waals surface area contributed by atoms with Crippen molar-refractivity contribution in [3.63, 3.8) is 0 Å². The van der Waals surface area contributed by atoms with Gasteiger partial charge in [0, 0.05) is 17.9 Å². The summed E-state index contributed by atoms with van der Waals surface area (Å²) in [5.41, 5.74) is 3.05. The van der Waals surface area contributed by atoms with Crippen LogP contribution in [0.3, 0.4) is 0 Å². The minimum absolute atomic E-state index is 0.0840. The van der Waals surface area contributed by atoms with Gasteiger partial charge in [-0.1, -0.05) is 24.3 Å². The lowest BCUT2D eigenvalue weighted by Crippen LogP contribution is -2.18. The van der Waals surface area contributed by atoms with Crippen molar-refractivity contribution in [2.75, 3.05) is 11.9 Å². The van der Waals surface area contributed by atoms with E-state index in [2.05, 4.69) is 10.4 Å². The zero-order valence-corrected chi connectivity index (χ0v) is 19.8. The van der Waals surface area contributed by atoms with E-state index >= 15 is 0 Å². The maximum Gasteiger partial charge on any atom is 0.343 e. The second-order valence-corrected chi connectivity index (χ2v) is 7.88. The minimum atomic E-state index is -0.628. The summed E-state index contributed by atoms with van der Waals surface area (Å²) in [6, 6.07) is 13.9. The third-order valence-corrected chi connectivity index (χ3v) is 5.31. The predicted molar refractivity (Wildman–Crippen MR) is 130 cm³/mol. The fourth-order valence-corrected chi connectivity index (χ4v) is 3.70. The van der Waals surface area contributed by atoms with Crippen LogP contribution in [-0.4, -0.2) is 39.2 Å². The minimum Gasteiger partial charge on any atom is -0.462 e. The van der Waals surface area contributed by atoms with E-state index < -0.39 is 17.8 Å². The van der Waals surface area contributed by atoms with Gasteiger partial charge in [-0.25, -0.2) is 9.78 Å². The van der Waals surface area contributed by atoms with Crippen LogP contribution < -0.4 is 10.1 Å².